The number of ether oxygens (including phenoxy) is 1. The van der Waals surface area contributed by atoms with Crippen LogP contribution in [0.4, 0.5) is 13.2 Å². The second-order valence-corrected chi connectivity index (χ2v) is 5.19. The van der Waals surface area contributed by atoms with Crippen molar-refractivity contribution in [1.29, 1.82) is 0 Å². The van der Waals surface area contributed by atoms with Crippen LogP contribution in [0.3, 0.4) is 0 Å². The van der Waals surface area contributed by atoms with Crippen LogP contribution >= 0.6 is 0 Å². The molecule has 0 bridgehead atoms. The Labute approximate surface area is 126 Å². The maximum Gasteiger partial charge on any atom is 0.492 e. The van der Waals surface area contributed by atoms with E-state index in [1.807, 2.05) is 18.2 Å². The molecule has 0 heterocycles. The normalized spacial score (nSPS) is 17.7. The minimum absolute atomic E-state index is 0.170. The summed E-state index contributed by atoms with van der Waals surface area (Å²) in [6.45, 7) is 0.170. The van der Waals surface area contributed by atoms with Gasteiger partial charge in [-0.3, -0.25) is 0 Å². The first-order valence-corrected chi connectivity index (χ1v) is 7.10. The number of rotatable bonds is 5. The first kappa shape index (κ1) is 16.6. The minimum atomic E-state index is -4.97. The predicted octanol–water partition coefficient (Wildman–Crippen LogP) is 3.12. The number of hydrogen-bond donors (Lipinski definition) is 1. The molecule has 1 aliphatic carbocycles. The maximum atomic E-state index is 12.0. The van der Waals surface area contributed by atoms with Crippen LogP contribution in [-0.4, -0.2) is 25.8 Å². The Morgan fingerprint density at radius 2 is 2.18 bits per heavy atom. The van der Waals surface area contributed by atoms with Gasteiger partial charge in [0.25, 0.3) is 0 Å². The average Bonchev–Trinajstić information content (AvgIpc) is 2.49. The smallest absolute Gasteiger partial charge is 0.492 e. The number of benzene rings is 1. The molecule has 1 aliphatic rings. The van der Waals surface area contributed by atoms with E-state index in [1.165, 1.54) is 0 Å². The molecule has 2 rings (SSSR count). The highest BCUT2D eigenvalue weighted by molar-refractivity contribution is 5.75. The van der Waals surface area contributed by atoms with E-state index in [9.17, 15) is 18.0 Å². The molecule has 1 unspecified atom stereocenters. The summed E-state index contributed by atoms with van der Waals surface area (Å²) in [5, 5.41) is 0. The van der Waals surface area contributed by atoms with E-state index in [2.05, 4.69) is 10.3 Å². The van der Waals surface area contributed by atoms with Crippen molar-refractivity contribution in [2.24, 2.45) is 0 Å². The molecule has 22 heavy (non-hydrogen) atoms. The van der Waals surface area contributed by atoms with E-state index >= 15 is 0 Å². The quantitative estimate of drug-likeness (QED) is 0.669. The second kappa shape index (κ2) is 7.00. The van der Waals surface area contributed by atoms with E-state index in [4.69, 9.17) is 4.74 Å². The van der Waals surface area contributed by atoms with E-state index in [0.717, 1.165) is 36.1 Å². The summed E-state index contributed by atoms with van der Waals surface area (Å²) in [7, 11) is 1.62. The van der Waals surface area contributed by atoms with Crippen molar-refractivity contribution < 1.29 is 27.5 Å². The fraction of sp³-hybridized carbons (Fsp3) is 0.533. The molecule has 0 aromatic heterocycles. The van der Waals surface area contributed by atoms with Gasteiger partial charge < -0.3 is 9.57 Å². The monoisotopic (exact) mass is 317 g/mol. The van der Waals surface area contributed by atoms with Crippen LogP contribution in [0.2, 0.25) is 0 Å². The van der Waals surface area contributed by atoms with Crippen molar-refractivity contribution in [3.05, 3.63) is 29.3 Å². The van der Waals surface area contributed by atoms with Gasteiger partial charge in [-0.25, -0.2) is 4.79 Å². The van der Waals surface area contributed by atoms with Crippen molar-refractivity contribution in [2.45, 2.75) is 37.8 Å². The lowest BCUT2D eigenvalue weighted by atomic mass is 9.81. The van der Waals surface area contributed by atoms with Crippen LogP contribution in [0.15, 0.2) is 18.2 Å². The van der Waals surface area contributed by atoms with Crippen LogP contribution in [-0.2, 0) is 16.1 Å². The number of hydroxylamine groups is 1. The summed E-state index contributed by atoms with van der Waals surface area (Å²) < 4.78 is 41.3. The number of halogens is 3. The Balaban J connectivity index is 1.90. The standard InChI is InChI=1S/C15H18F3NO3/c1-21-13-7-3-5-11-10(4-2-6-12(11)13)8-9-19-22-14(20)15(16,17)18/h3,5,7,10,19H,2,4,6,8-9H2,1H3. The fourth-order valence-corrected chi connectivity index (χ4v) is 2.81. The zero-order valence-electron chi connectivity index (χ0n) is 12.2. The highest BCUT2D eigenvalue weighted by atomic mass is 19.4. The van der Waals surface area contributed by atoms with E-state index in [0.29, 0.717) is 6.42 Å². The lowest BCUT2D eigenvalue weighted by Gasteiger charge is -2.26. The lowest BCUT2D eigenvalue weighted by Crippen LogP contribution is -2.32. The Bertz CT molecular complexity index is 531. The molecule has 0 saturated heterocycles. The van der Waals surface area contributed by atoms with Crippen molar-refractivity contribution in [1.82, 2.24) is 5.48 Å². The van der Waals surface area contributed by atoms with E-state index in [1.54, 1.807) is 7.11 Å². The molecule has 0 amide bonds. The van der Waals surface area contributed by atoms with Crippen LogP contribution < -0.4 is 10.2 Å². The minimum Gasteiger partial charge on any atom is -0.496 e. The molecular weight excluding hydrogens is 299 g/mol. The topological polar surface area (TPSA) is 47.6 Å². The summed E-state index contributed by atoms with van der Waals surface area (Å²) in [6, 6.07) is 5.83. The summed E-state index contributed by atoms with van der Waals surface area (Å²) in [5.41, 5.74) is 4.42. The Morgan fingerprint density at radius 3 is 2.86 bits per heavy atom. The molecule has 0 fully saturated rings. The summed E-state index contributed by atoms with van der Waals surface area (Å²) in [4.78, 5) is 14.6. The number of hydrogen-bond acceptors (Lipinski definition) is 4. The van der Waals surface area contributed by atoms with E-state index in [-0.39, 0.29) is 12.5 Å². The van der Waals surface area contributed by atoms with Crippen molar-refractivity contribution in [3.8, 4) is 5.75 Å². The molecule has 1 N–H and O–H groups in total. The molecular formula is C15H18F3NO3. The molecule has 1 aromatic rings. The molecule has 0 aliphatic heterocycles. The molecule has 1 aromatic carbocycles. The zero-order valence-corrected chi connectivity index (χ0v) is 12.2. The van der Waals surface area contributed by atoms with Crippen molar-refractivity contribution in [3.63, 3.8) is 0 Å². The molecule has 0 saturated carbocycles. The van der Waals surface area contributed by atoms with E-state index < -0.39 is 12.1 Å². The zero-order chi connectivity index (χ0) is 16.2. The van der Waals surface area contributed by atoms with Crippen LogP contribution in [0.1, 0.15) is 36.3 Å². The van der Waals surface area contributed by atoms with Gasteiger partial charge in [0, 0.05) is 6.54 Å². The molecule has 7 heteroatoms. The van der Waals surface area contributed by atoms with Gasteiger partial charge >= 0.3 is 12.1 Å². The third-order valence-corrected chi connectivity index (χ3v) is 3.80. The lowest BCUT2D eigenvalue weighted by molar-refractivity contribution is -0.206. The number of alkyl halides is 3. The van der Waals surface area contributed by atoms with Crippen LogP contribution in [0.25, 0.3) is 0 Å². The highest BCUT2D eigenvalue weighted by Gasteiger charge is 2.41. The molecule has 0 spiro atoms. The Morgan fingerprint density at radius 1 is 1.41 bits per heavy atom. The van der Waals surface area contributed by atoms with Gasteiger partial charge in [-0.2, -0.15) is 18.7 Å². The molecule has 1 atom stereocenters. The van der Waals surface area contributed by atoms with Gasteiger partial charge in [-0.05, 0) is 48.8 Å². The number of nitrogens with one attached hydrogen (secondary N) is 1. The predicted molar refractivity (Wildman–Crippen MR) is 73.4 cm³/mol. The largest absolute Gasteiger partial charge is 0.496 e. The highest BCUT2D eigenvalue weighted by Crippen LogP contribution is 2.38. The van der Waals surface area contributed by atoms with Gasteiger partial charge in [0.2, 0.25) is 0 Å². The van der Waals surface area contributed by atoms with Crippen LogP contribution in [0.5, 0.6) is 5.75 Å². The number of methoxy groups -OCH3 is 1. The number of carbonyl (C=O) groups excluding carboxylic acids is 1. The van der Waals surface area contributed by atoms with Gasteiger partial charge in [0.15, 0.2) is 0 Å². The first-order valence-electron chi connectivity index (χ1n) is 7.10. The van der Waals surface area contributed by atoms with Gasteiger partial charge in [-0.15, -0.1) is 0 Å². The summed E-state index contributed by atoms with van der Waals surface area (Å²) >= 11 is 0. The third-order valence-electron chi connectivity index (χ3n) is 3.80. The summed E-state index contributed by atoms with van der Waals surface area (Å²) in [6.07, 6.45) is -1.50. The Kier molecular flexibility index (Phi) is 5.28. The maximum absolute atomic E-state index is 12.0. The number of carbonyl (C=O) groups is 1. The van der Waals surface area contributed by atoms with Crippen molar-refractivity contribution >= 4 is 5.97 Å². The van der Waals surface area contributed by atoms with Gasteiger partial charge in [-0.1, -0.05) is 12.1 Å². The average molecular weight is 317 g/mol. The Hall–Kier alpha value is -1.76. The fourth-order valence-electron chi connectivity index (χ4n) is 2.81. The molecule has 4 nitrogen and oxygen atoms in total. The first-order chi connectivity index (χ1) is 10.4. The SMILES string of the molecule is COc1cccc2c1CCCC2CCNOC(=O)C(F)(F)F. The summed E-state index contributed by atoms with van der Waals surface area (Å²) in [5.74, 6) is -1.16. The number of fused-ring (bicyclic) bond motifs is 1. The second-order valence-electron chi connectivity index (χ2n) is 5.19. The van der Waals surface area contributed by atoms with Gasteiger partial charge in [0.05, 0.1) is 7.11 Å². The third kappa shape index (κ3) is 3.91. The molecule has 122 valence electrons. The molecule has 0 radical (unpaired) electrons. The van der Waals surface area contributed by atoms with Crippen molar-refractivity contribution in [2.75, 3.05) is 13.7 Å². The van der Waals surface area contributed by atoms with Crippen LogP contribution in [0, 0.1) is 0 Å². The van der Waals surface area contributed by atoms with Gasteiger partial charge in [0.1, 0.15) is 5.75 Å².